The molecule has 0 amide bonds. The first-order valence-electron chi connectivity index (χ1n) is 2.17. The molecule has 0 aliphatic carbocycles. The van der Waals surface area contributed by atoms with Gasteiger partial charge in [-0.15, -0.1) is 0 Å². The second kappa shape index (κ2) is 4.11. The second-order valence-corrected chi connectivity index (χ2v) is 7.19. The van der Waals surface area contributed by atoms with Crippen LogP contribution in [-0.2, 0) is 0 Å². The van der Waals surface area contributed by atoms with Crippen LogP contribution in [-0.4, -0.2) is 18.7 Å². The van der Waals surface area contributed by atoms with E-state index >= 15 is 0 Å². The van der Waals surface area contributed by atoms with E-state index in [1.807, 2.05) is 19.6 Å². The zero-order chi connectivity index (χ0) is 5.91. The zero-order valence-electron chi connectivity index (χ0n) is 5.89. The normalized spacial score (nSPS) is 8.88. The summed E-state index contributed by atoms with van der Waals surface area (Å²) in [5.74, 6) is 2.60. The minimum atomic E-state index is -1.32. The van der Waals surface area contributed by atoms with Gasteiger partial charge >= 0.3 is 18.9 Å². The fourth-order valence-electron chi connectivity index (χ4n) is 0.150. The molecule has 40 valence electrons. The van der Waals surface area contributed by atoms with Crippen molar-refractivity contribution in [3.63, 3.8) is 0 Å². The van der Waals surface area contributed by atoms with Crippen LogP contribution in [0, 0.1) is 0 Å². The van der Waals surface area contributed by atoms with Gasteiger partial charge in [0, 0.05) is 0 Å². The summed E-state index contributed by atoms with van der Waals surface area (Å²) in [7, 11) is -1.32. The molecule has 0 spiro atoms. The third kappa shape index (κ3) is 9.50. The van der Waals surface area contributed by atoms with E-state index < -0.39 is 8.07 Å². The van der Waals surface area contributed by atoms with Gasteiger partial charge in [0.2, 0.25) is 0 Å². The van der Waals surface area contributed by atoms with E-state index in [2.05, 4.69) is 10.6 Å². The summed E-state index contributed by atoms with van der Waals surface area (Å²) in [5, 5.41) is 0. The summed E-state index contributed by atoms with van der Waals surface area (Å²) in [4.78, 5) is 2.82. The molecule has 0 aliphatic heterocycles. The van der Waals surface area contributed by atoms with Crippen LogP contribution < -0.4 is 18.9 Å². The topological polar surface area (TPSA) is 36.4 Å². The van der Waals surface area contributed by atoms with Crippen molar-refractivity contribution in [2.45, 2.75) is 19.6 Å². The van der Waals surface area contributed by atoms with Crippen LogP contribution in [0.15, 0.2) is 0 Å². The van der Waals surface area contributed by atoms with E-state index in [-0.39, 0.29) is 18.9 Å². The standard InChI is InChI=1S/C4H9N2Si.Li/c1-7(2,3)4-6-5;/h1-3H3;/q-1;+1. The van der Waals surface area contributed by atoms with Gasteiger partial charge in [-0.1, -0.05) is 25.5 Å². The van der Waals surface area contributed by atoms with Crippen molar-refractivity contribution in [2.75, 3.05) is 0 Å². The average molecular weight is 120 g/mol. The summed E-state index contributed by atoms with van der Waals surface area (Å²) in [6.45, 7) is 6.14. The molecule has 0 saturated carbocycles. The zero-order valence-corrected chi connectivity index (χ0v) is 6.89. The van der Waals surface area contributed by atoms with E-state index in [0.29, 0.717) is 0 Å². The maximum absolute atomic E-state index is 7.95. The van der Waals surface area contributed by atoms with Crippen molar-refractivity contribution in [3.05, 3.63) is 5.53 Å². The molecule has 0 bridgehead atoms. The van der Waals surface area contributed by atoms with Crippen LogP contribution in [0.5, 0.6) is 0 Å². The first kappa shape index (κ1) is 11.1. The molecule has 2 nitrogen and oxygen atoms in total. The predicted molar refractivity (Wildman–Crippen MR) is 32.0 cm³/mol. The quantitative estimate of drug-likeness (QED) is 0.127. The molecule has 0 aromatic rings. The van der Waals surface area contributed by atoms with Crippen LogP contribution in [0.1, 0.15) is 0 Å². The first-order valence-corrected chi connectivity index (χ1v) is 5.67. The van der Waals surface area contributed by atoms with Gasteiger partial charge in [-0.3, -0.25) is 0 Å². The number of hydrogen-bond acceptors (Lipinski definition) is 0. The molecule has 4 heteroatoms. The fourth-order valence-corrected chi connectivity index (χ4v) is 0.450. The van der Waals surface area contributed by atoms with Crippen molar-refractivity contribution in [2.24, 2.45) is 0 Å². The van der Waals surface area contributed by atoms with Crippen LogP contribution >= 0.6 is 0 Å². The van der Waals surface area contributed by atoms with E-state index in [1.165, 1.54) is 0 Å². The van der Waals surface area contributed by atoms with Crippen LogP contribution in [0.25, 0.3) is 5.53 Å². The molecule has 0 aromatic heterocycles. The van der Waals surface area contributed by atoms with E-state index in [1.54, 1.807) is 0 Å². The van der Waals surface area contributed by atoms with Crippen molar-refractivity contribution in [3.8, 4) is 0 Å². The van der Waals surface area contributed by atoms with Gasteiger partial charge in [-0.2, -0.15) is 0 Å². The molecule has 0 rings (SSSR count). The van der Waals surface area contributed by atoms with E-state index in [0.717, 1.165) is 0 Å². The first-order chi connectivity index (χ1) is 3.06. The average Bonchev–Trinajstić information content (AvgIpc) is 1.30. The van der Waals surface area contributed by atoms with Crippen molar-refractivity contribution in [1.29, 1.82) is 0 Å². The van der Waals surface area contributed by atoms with E-state index in [4.69, 9.17) is 5.53 Å². The third-order valence-corrected chi connectivity index (χ3v) is 1.16. The van der Waals surface area contributed by atoms with Gasteiger partial charge < -0.3 is 10.3 Å². The molecule has 0 atom stereocenters. The van der Waals surface area contributed by atoms with Crippen LogP contribution in [0.4, 0.5) is 0 Å². The van der Waals surface area contributed by atoms with Gasteiger partial charge in [0.15, 0.2) is 0 Å². The molecule has 0 heterocycles. The number of rotatable bonds is 1. The van der Waals surface area contributed by atoms with Gasteiger partial charge in [0.05, 0.1) is 0 Å². The number of hydrogen-bond donors (Lipinski definition) is 0. The predicted octanol–water partition coefficient (Wildman–Crippen LogP) is -1.95. The summed E-state index contributed by atoms with van der Waals surface area (Å²) in [6, 6.07) is 0. The molecular weight excluding hydrogens is 111 g/mol. The maximum Gasteiger partial charge on any atom is 1.00 e. The Morgan fingerprint density at radius 1 is 1.38 bits per heavy atom. The summed E-state index contributed by atoms with van der Waals surface area (Å²) >= 11 is 0. The Kier molecular flexibility index (Phi) is 5.68. The summed E-state index contributed by atoms with van der Waals surface area (Å²) in [6.07, 6.45) is 0. The molecule has 0 aromatic carbocycles. The van der Waals surface area contributed by atoms with Gasteiger partial charge in [0.1, 0.15) is 0 Å². The Bertz CT molecular complexity index is 101. The molecule has 0 unspecified atom stereocenters. The molecule has 0 fully saturated rings. The summed E-state index contributed by atoms with van der Waals surface area (Å²) in [5.41, 5.74) is 7.95. The molecular formula is C4H9LiN2Si. The van der Waals surface area contributed by atoms with Crippen LogP contribution in [0.3, 0.4) is 0 Å². The SMILES string of the molecule is C[Si](C)(C)[C-]=[N+]=[N-].[Li+]. The molecule has 0 saturated heterocycles. The van der Waals surface area contributed by atoms with Gasteiger partial charge in [-0.25, -0.2) is 0 Å². The Morgan fingerprint density at radius 3 is 1.75 bits per heavy atom. The Morgan fingerprint density at radius 2 is 1.75 bits per heavy atom. The Labute approximate surface area is 63.1 Å². The molecule has 8 heavy (non-hydrogen) atoms. The molecule has 0 N–H and O–H groups in total. The summed E-state index contributed by atoms with van der Waals surface area (Å²) < 4.78 is 0. The molecule has 0 aliphatic rings. The monoisotopic (exact) mass is 120 g/mol. The maximum atomic E-state index is 7.95. The molecule has 0 radical (unpaired) electrons. The third-order valence-electron chi connectivity index (χ3n) is 0.385. The Hall–Kier alpha value is 0.194. The number of nitrogens with zero attached hydrogens (tertiary/aromatic N) is 2. The van der Waals surface area contributed by atoms with Crippen molar-refractivity contribution >= 4 is 13.9 Å². The smallest absolute Gasteiger partial charge is 0.408 e. The van der Waals surface area contributed by atoms with Gasteiger partial charge in [-0.05, 0) is 8.07 Å². The van der Waals surface area contributed by atoms with E-state index in [9.17, 15) is 0 Å². The largest absolute Gasteiger partial charge is 1.00 e. The van der Waals surface area contributed by atoms with Crippen molar-refractivity contribution in [1.82, 2.24) is 0 Å². The minimum absolute atomic E-state index is 0. The second-order valence-electron chi connectivity index (χ2n) is 2.46. The van der Waals surface area contributed by atoms with Crippen molar-refractivity contribution < 1.29 is 23.7 Å². The fraction of sp³-hybridized carbons (Fsp3) is 0.750. The minimum Gasteiger partial charge on any atom is -0.408 e. The van der Waals surface area contributed by atoms with Crippen LogP contribution in [0.2, 0.25) is 19.6 Å². The Balaban J connectivity index is 0. The van der Waals surface area contributed by atoms with Gasteiger partial charge in [0.25, 0.3) is 0 Å².